The second-order valence-electron chi connectivity index (χ2n) is 4.91. The van der Waals surface area contributed by atoms with Crippen LogP contribution in [0.4, 0.5) is 15.0 Å². The number of rotatable bonds is 2. The van der Waals surface area contributed by atoms with E-state index in [0.29, 0.717) is 18.9 Å². The maximum atomic E-state index is 12.8. The van der Waals surface area contributed by atoms with Gasteiger partial charge in [0.2, 0.25) is 0 Å². The van der Waals surface area contributed by atoms with E-state index in [4.69, 9.17) is 0 Å². The summed E-state index contributed by atoms with van der Waals surface area (Å²) in [5, 5.41) is 6.79. The van der Waals surface area contributed by atoms with E-state index in [0.717, 1.165) is 19.0 Å². The molecule has 1 aliphatic heterocycles. The van der Waals surface area contributed by atoms with Crippen LogP contribution in [0.2, 0.25) is 0 Å². The van der Waals surface area contributed by atoms with Crippen LogP contribution in [0.25, 0.3) is 0 Å². The first-order valence-electron chi connectivity index (χ1n) is 6.74. The van der Waals surface area contributed by atoms with Crippen LogP contribution in [0.5, 0.6) is 0 Å². The summed E-state index contributed by atoms with van der Waals surface area (Å²) in [5.41, 5.74) is 0. The Morgan fingerprint density at radius 3 is 3.05 bits per heavy atom. The fraction of sp³-hybridized carbons (Fsp3) is 0.385. The Bertz CT molecular complexity index is 600. The third kappa shape index (κ3) is 3.15. The summed E-state index contributed by atoms with van der Waals surface area (Å²) in [5.74, 6) is -0.0958. The van der Waals surface area contributed by atoms with E-state index in [1.165, 1.54) is 18.5 Å². The van der Waals surface area contributed by atoms with Gasteiger partial charge in [-0.25, -0.2) is 23.8 Å². The maximum absolute atomic E-state index is 12.8. The Balaban J connectivity index is 1.63. The molecule has 1 saturated heterocycles. The van der Waals surface area contributed by atoms with Gasteiger partial charge in [0.15, 0.2) is 0 Å². The second kappa shape index (κ2) is 5.86. The first kappa shape index (κ1) is 13.5. The Morgan fingerprint density at radius 1 is 1.43 bits per heavy atom. The number of carbonyl (C=O) groups is 1. The van der Waals surface area contributed by atoms with Crippen LogP contribution in [-0.2, 0) is 0 Å². The average molecular weight is 290 g/mol. The molecule has 1 N–H and O–H groups in total. The summed E-state index contributed by atoms with van der Waals surface area (Å²) in [4.78, 5) is 21.7. The van der Waals surface area contributed by atoms with E-state index in [1.54, 1.807) is 15.9 Å². The number of piperidine rings is 1. The smallest absolute Gasteiger partial charge is 0.322 e. The molecule has 2 amide bonds. The highest BCUT2D eigenvalue weighted by molar-refractivity contribution is 5.88. The van der Waals surface area contributed by atoms with Crippen molar-refractivity contribution in [3.05, 3.63) is 36.8 Å². The van der Waals surface area contributed by atoms with Crippen molar-refractivity contribution in [3.8, 4) is 0 Å². The van der Waals surface area contributed by atoms with Crippen LogP contribution >= 0.6 is 0 Å². The van der Waals surface area contributed by atoms with Crippen LogP contribution in [-0.4, -0.2) is 43.8 Å². The average Bonchev–Trinajstić information content (AvgIpc) is 3.04. The van der Waals surface area contributed by atoms with Gasteiger partial charge in [0.1, 0.15) is 24.3 Å². The zero-order chi connectivity index (χ0) is 14.7. The van der Waals surface area contributed by atoms with Gasteiger partial charge in [-0.1, -0.05) is 0 Å². The van der Waals surface area contributed by atoms with Crippen molar-refractivity contribution in [1.82, 2.24) is 24.6 Å². The minimum atomic E-state index is -0.433. The first-order chi connectivity index (χ1) is 10.2. The number of nitrogens with one attached hydrogen (secondary N) is 1. The molecule has 8 heteroatoms. The van der Waals surface area contributed by atoms with E-state index >= 15 is 0 Å². The molecular weight excluding hydrogens is 275 g/mol. The first-order valence-corrected chi connectivity index (χ1v) is 6.74. The minimum absolute atomic E-state index is 0.133. The molecule has 1 atom stereocenters. The molecule has 0 saturated carbocycles. The lowest BCUT2D eigenvalue weighted by Gasteiger charge is -2.32. The normalized spacial score (nSPS) is 18.5. The molecule has 21 heavy (non-hydrogen) atoms. The lowest BCUT2D eigenvalue weighted by molar-refractivity contribution is 0.174. The number of carbonyl (C=O) groups excluding carboxylic acids is 1. The van der Waals surface area contributed by atoms with Gasteiger partial charge >= 0.3 is 6.03 Å². The number of amides is 2. The van der Waals surface area contributed by atoms with Crippen molar-refractivity contribution in [2.75, 3.05) is 18.4 Å². The van der Waals surface area contributed by atoms with Gasteiger partial charge in [0.25, 0.3) is 0 Å². The SMILES string of the molecule is O=C(Nc1ccc(F)cn1)N1CCC[C@@H](n2cncn2)C1. The molecule has 2 aromatic rings. The van der Waals surface area contributed by atoms with Crippen molar-refractivity contribution in [1.29, 1.82) is 0 Å². The molecule has 1 fully saturated rings. The van der Waals surface area contributed by atoms with Crippen LogP contribution in [0.3, 0.4) is 0 Å². The number of nitrogens with zero attached hydrogens (tertiary/aromatic N) is 5. The lowest BCUT2D eigenvalue weighted by Crippen LogP contribution is -2.43. The second-order valence-corrected chi connectivity index (χ2v) is 4.91. The molecule has 0 bridgehead atoms. The van der Waals surface area contributed by atoms with Crippen molar-refractivity contribution in [3.63, 3.8) is 0 Å². The highest BCUT2D eigenvalue weighted by Gasteiger charge is 2.25. The number of aromatic nitrogens is 4. The third-order valence-corrected chi connectivity index (χ3v) is 3.46. The molecule has 0 unspecified atom stereocenters. The number of anilines is 1. The summed E-state index contributed by atoms with van der Waals surface area (Å²) in [6.45, 7) is 1.24. The maximum Gasteiger partial charge on any atom is 0.323 e. The van der Waals surface area contributed by atoms with Gasteiger partial charge in [0, 0.05) is 13.1 Å². The fourth-order valence-corrected chi connectivity index (χ4v) is 2.40. The Hall–Kier alpha value is -2.51. The molecule has 7 nitrogen and oxygen atoms in total. The summed E-state index contributed by atoms with van der Waals surface area (Å²) in [7, 11) is 0. The summed E-state index contributed by atoms with van der Waals surface area (Å²) in [6.07, 6.45) is 6.08. The molecule has 0 aliphatic carbocycles. The number of halogens is 1. The van der Waals surface area contributed by atoms with Crippen LogP contribution in [0, 0.1) is 5.82 Å². The Kier molecular flexibility index (Phi) is 3.76. The number of urea groups is 1. The van der Waals surface area contributed by atoms with Gasteiger partial charge < -0.3 is 4.90 Å². The Morgan fingerprint density at radius 2 is 2.33 bits per heavy atom. The number of pyridine rings is 1. The zero-order valence-corrected chi connectivity index (χ0v) is 11.3. The standard InChI is InChI=1S/C13H15FN6O/c14-10-3-4-12(16-6-10)18-13(21)19-5-1-2-11(7-19)20-9-15-8-17-20/h3-4,6,8-9,11H,1-2,5,7H2,(H,16,18,21)/t11-/m1/s1. The van der Waals surface area contributed by atoms with Crippen LogP contribution < -0.4 is 5.32 Å². The molecule has 3 rings (SSSR count). The highest BCUT2D eigenvalue weighted by atomic mass is 19.1. The highest BCUT2D eigenvalue weighted by Crippen LogP contribution is 2.20. The molecule has 3 heterocycles. The summed E-state index contributed by atoms with van der Waals surface area (Å²) in [6, 6.07) is 2.59. The van der Waals surface area contributed by atoms with Gasteiger partial charge in [-0.15, -0.1) is 0 Å². The molecule has 0 radical (unpaired) electrons. The molecule has 0 aromatic carbocycles. The van der Waals surface area contributed by atoms with Crippen molar-refractivity contribution >= 4 is 11.8 Å². The van der Waals surface area contributed by atoms with E-state index in [-0.39, 0.29) is 12.1 Å². The van der Waals surface area contributed by atoms with Crippen LogP contribution in [0.15, 0.2) is 31.0 Å². The molecule has 0 spiro atoms. The number of hydrogen-bond acceptors (Lipinski definition) is 4. The van der Waals surface area contributed by atoms with Gasteiger partial charge in [-0.3, -0.25) is 5.32 Å². The third-order valence-electron chi connectivity index (χ3n) is 3.46. The largest absolute Gasteiger partial charge is 0.323 e. The van der Waals surface area contributed by atoms with E-state index in [1.807, 2.05) is 0 Å². The monoisotopic (exact) mass is 290 g/mol. The number of hydrogen-bond donors (Lipinski definition) is 1. The molecule has 1 aliphatic rings. The van der Waals surface area contributed by atoms with Crippen LogP contribution in [0.1, 0.15) is 18.9 Å². The van der Waals surface area contributed by atoms with Crippen molar-refractivity contribution in [2.24, 2.45) is 0 Å². The molecule has 2 aromatic heterocycles. The van der Waals surface area contributed by atoms with Crippen molar-refractivity contribution < 1.29 is 9.18 Å². The summed E-state index contributed by atoms with van der Waals surface area (Å²) >= 11 is 0. The topological polar surface area (TPSA) is 75.9 Å². The predicted molar refractivity (Wildman–Crippen MR) is 73.1 cm³/mol. The van der Waals surface area contributed by atoms with Gasteiger partial charge in [-0.05, 0) is 25.0 Å². The predicted octanol–water partition coefficient (Wildman–Crippen LogP) is 1.68. The number of likely N-dealkylation sites (tertiary alicyclic amines) is 1. The Labute approximate surface area is 120 Å². The summed E-state index contributed by atoms with van der Waals surface area (Å²) < 4.78 is 14.6. The van der Waals surface area contributed by atoms with Gasteiger partial charge in [-0.2, -0.15) is 5.10 Å². The van der Waals surface area contributed by atoms with E-state index in [9.17, 15) is 9.18 Å². The quantitative estimate of drug-likeness (QED) is 0.913. The van der Waals surface area contributed by atoms with E-state index < -0.39 is 5.82 Å². The minimum Gasteiger partial charge on any atom is -0.322 e. The fourth-order valence-electron chi connectivity index (χ4n) is 2.40. The lowest BCUT2D eigenvalue weighted by atomic mass is 10.1. The van der Waals surface area contributed by atoms with Crippen molar-refractivity contribution in [2.45, 2.75) is 18.9 Å². The van der Waals surface area contributed by atoms with E-state index in [2.05, 4.69) is 20.4 Å². The molecule has 110 valence electrons. The zero-order valence-electron chi connectivity index (χ0n) is 11.3. The van der Waals surface area contributed by atoms with Gasteiger partial charge in [0.05, 0.1) is 12.2 Å². The molecular formula is C13H15FN6O.